The minimum absolute atomic E-state index is 0.128. The van der Waals surface area contributed by atoms with Crippen LogP contribution in [0.3, 0.4) is 0 Å². The van der Waals surface area contributed by atoms with Gasteiger partial charge in [0.05, 0.1) is 0 Å². The van der Waals surface area contributed by atoms with Gasteiger partial charge in [0.25, 0.3) is 0 Å². The molecule has 5 aliphatic rings. The van der Waals surface area contributed by atoms with Crippen LogP contribution in [0.4, 0.5) is 17.1 Å². The van der Waals surface area contributed by atoms with Gasteiger partial charge < -0.3 is 4.90 Å². The van der Waals surface area contributed by atoms with Crippen LogP contribution in [0.2, 0.25) is 0 Å². The fraction of sp³-hybridized carbons (Fsp3) is 0.192. The Morgan fingerprint density at radius 1 is 0.340 bits per heavy atom. The van der Waals surface area contributed by atoms with E-state index in [9.17, 15) is 0 Å². The molecule has 4 fully saturated rings. The van der Waals surface area contributed by atoms with Gasteiger partial charge in [-0.15, -0.1) is 0 Å². The van der Waals surface area contributed by atoms with E-state index >= 15 is 0 Å². The maximum Gasteiger partial charge on any atom is 0.0467 e. The van der Waals surface area contributed by atoms with E-state index in [-0.39, 0.29) is 5.41 Å². The second-order valence-corrected chi connectivity index (χ2v) is 16.2. The molecule has 1 spiro atoms. The van der Waals surface area contributed by atoms with Gasteiger partial charge in [-0.1, -0.05) is 140 Å². The molecule has 0 atom stereocenters. The topological polar surface area (TPSA) is 3.24 Å². The molecule has 5 aliphatic carbocycles. The van der Waals surface area contributed by atoms with E-state index < -0.39 is 0 Å². The molecule has 7 aromatic carbocycles. The van der Waals surface area contributed by atoms with E-state index in [2.05, 4.69) is 181 Å². The van der Waals surface area contributed by atoms with Crippen molar-refractivity contribution in [3.63, 3.8) is 0 Å². The standard InChI is InChI=1S/C52H43N/c1-3-10-37(11-4-1)39-18-20-40(21-19-39)41-22-24-45(25-23-41)53(46-15-9-14-42(33-46)38-12-5-2-6-13-38)47-26-27-49-48-16-7-8-17-50(48)52(51(49)34-47)43-29-35-28-36(31-43)32-44(52)30-35/h1-27,33-36,43-44H,28-32H2. The van der Waals surface area contributed by atoms with Crippen LogP contribution in [0, 0.1) is 23.7 Å². The van der Waals surface area contributed by atoms with Crippen LogP contribution in [-0.4, -0.2) is 0 Å². The van der Waals surface area contributed by atoms with Crippen molar-refractivity contribution >= 4 is 17.1 Å². The average molecular weight is 682 g/mol. The van der Waals surface area contributed by atoms with E-state index in [1.54, 1.807) is 11.1 Å². The Kier molecular flexibility index (Phi) is 7.12. The smallest absolute Gasteiger partial charge is 0.0467 e. The molecule has 53 heavy (non-hydrogen) atoms. The zero-order valence-electron chi connectivity index (χ0n) is 30.0. The maximum absolute atomic E-state index is 2.61. The van der Waals surface area contributed by atoms with Crippen LogP contribution in [0.1, 0.15) is 43.2 Å². The second-order valence-electron chi connectivity index (χ2n) is 16.2. The van der Waals surface area contributed by atoms with Crippen LogP contribution >= 0.6 is 0 Å². The van der Waals surface area contributed by atoms with E-state index in [1.165, 1.54) is 93.7 Å². The van der Waals surface area contributed by atoms with Crippen molar-refractivity contribution < 1.29 is 0 Å². The summed E-state index contributed by atoms with van der Waals surface area (Å²) >= 11 is 0. The molecule has 0 amide bonds. The first-order valence-corrected chi connectivity index (χ1v) is 19.7. The van der Waals surface area contributed by atoms with Crippen molar-refractivity contribution in [1.29, 1.82) is 0 Å². The SMILES string of the molecule is c1ccc(-c2ccc(-c3ccc(N(c4cccc(-c5ccccc5)c4)c4ccc5c(c4)C4(c6ccccc6-5)C5CC6CC(C5)CC4C6)cc3)cc2)cc1. The Hall–Kier alpha value is -5.66. The molecule has 0 aromatic heterocycles. The lowest BCUT2D eigenvalue weighted by atomic mass is 9.43. The molecule has 7 aromatic rings. The lowest BCUT2D eigenvalue weighted by Crippen LogP contribution is -2.55. The van der Waals surface area contributed by atoms with Gasteiger partial charge >= 0.3 is 0 Å². The number of rotatable bonds is 6. The fourth-order valence-electron chi connectivity index (χ4n) is 11.5. The number of hydrogen-bond donors (Lipinski definition) is 0. The fourth-order valence-corrected chi connectivity index (χ4v) is 11.5. The average Bonchev–Trinajstić information content (AvgIpc) is 3.51. The lowest BCUT2D eigenvalue weighted by Gasteiger charge is -2.61. The van der Waals surface area contributed by atoms with E-state index in [0.717, 1.165) is 23.7 Å². The number of anilines is 3. The van der Waals surface area contributed by atoms with Gasteiger partial charge in [0, 0.05) is 22.5 Å². The number of benzene rings is 7. The second kappa shape index (κ2) is 12.2. The molecule has 0 aliphatic heterocycles. The van der Waals surface area contributed by atoms with Crippen molar-refractivity contribution in [2.24, 2.45) is 23.7 Å². The normalized spacial score (nSPS) is 23.2. The molecule has 1 heteroatoms. The molecule has 12 rings (SSSR count). The zero-order valence-corrected chi connectivity index (χ0v) is 30.0. The van der Waals surface area contributed by atoms with Gasteiger partial charge in [-0.3, -0.25) is 0 Å². The van der Waals surface area contributed by atoms with Gasteiger partial charge in [0.15, 0.2) is 0 Å². The summed E-state index contributed by atoms with van der Waals surface area (Å²) in [4.78, 5) is 2.50. The van der Waals surface area contributed by atoms with Gasteiger partial charge in [-0.25, -0.2) is 0 Å². The summed E-state index contributed by atoms with van der Waals surface area (Å²) in [6.07, 6.45) is 7.03. The summed E-state index contributed by atoms with van der Waals surface area (Å²) in [5, 5.41) is 0. The predicted molar refractivity (Wildman–Crippen MR) is 221 cm³/mol. The number of fused-ring (bicyclic) bond motifs is 3. The number of nitrogens with zero attached hydrogens (tertiary/aromatic N) is 1. The lowest BCUT2D eigenvalue weighted by molar-refractivity contribution is -0.0399. The summed E-state index contributed by atoms with van der Waals surface area (Å²) in [6.45, 7) is 0. The van der Waals surface area contributed by atoms with Gasteiger partial charge in [0.2, 0.25) is 0 Å². The molecule has 0 N–H and O–H groups in total. The van der Waals surface area contributed by atoms with Gasteiger partial charge in [-0.2, -0.15) is 0 Å². The molecule has 4 saturated carbocycles. The zero-order chi connectivity index (χ0) is 34.9. The van der Waals surface area contributed by atoms with Crippen molar-refractivity contribution in [3.8, 4) is 44.5 Å². The molecule has 0 unspecified atom stereocenters. The largest absolute Gasteiger partial charge is 0.310 e. The Morgan fingerprint density at radius 2 is 0.811 bits per heavy atom. The predicted octanol–water partition coefficient (Wildman–Crippen LogP) is 13.9. The molecule has 256 valence electrons. The Morgan fingerprint density at radius 3 is 1.45 bits per heavy atom. The van der Waals surface area contributed by atoms with Crippen LogP contribution in [0.15, 0.2) is 176 Å². The molecule has 0 heterocycles. The molecular formula is C52H43N. The first-order valence-electron chi connectivity index (χ1n) is 19.7. The van der Waals surface area contributed by atoms with Gasteiger partial charge in [0.1, 0.15) is 0 Å². The molecule has 4 bridgehead atoms. The van der Waals surface area contributed by atoms with Crippen molar-refractivity contribution in [2.45, 2.75) is 37.5 Å². The highest BCUT2D eigenvalue weighted by molar-refractivity contribution is 5.87. The van der Waals surface area contributed by atoms with Crippen molar-refractivity contribution in [1.82, 2.24) is 0 Å². The number of hydrogen-bond acceptors (Lipinski definition) is 1. The Bertz CT molecular complexity index is 2410. The van der Waals surface area contributed by atoms with Gasteiger partial charge in [-0.05, 0) is 148 Å². The Balaban J connectivity index is 1.03. The third-order valence-corrected chi connectivity index (χ3v) is 13.5. The highest BCUT2D eigenvalue weighted by atomic mass is 15.1. The summed E-state index contributed by atoms with van der Waals surface area (Å²) < 4.78 is 0. The summed E-state index contributed by atoms with van der Waals surface area (Å²) in [7, 11) is 0. The van der Waals surface area contributed by atoms with Crippen molar-refractivity contribution in [3.05, 3.63) is 187 Å². The third-order valence-electron chi connectivity index (χ3n) is 13.5. The minimum atomic E-state index is 0.128. The van der Waals surface area contributed by atoms with E-state index in [0.29, 0.717) is 0 Å². The van der Waals surface area contributed by atoms with E-state index in [1.807, 2.05) is 0 Å². The van der Waals surface area contributed by atoms with Crippen molar-refractivity contribution in [2.75, 3.05) is 4.90 Å². The summed E-state index contributed by atoms with van der Waals surface area (Å²) in [5.41, 5.74) is 17.3. The third kappa shape index (κ3) is 4.90. The highest BCUT2D eigenvalue weighted by Crippen LogP contribution is 2.69. The van der Waals surface area contributed by atoms with Crippen LogP contribution in [0.5, 0.6) is 0 Å². The highest BCUT2D eigenvalue weighted by Gasteiger charge is 2.61. The molecule has 0 radical (unpaired) electrons. The summed E-state index contributed by atoms with van der Waals surface area (Å²) in [5.74, 6) is 3.32. The Labute approximate surface area is 313 Å². The van der Waals surface area contributed by atoms with Crippen LogP contribution < -0.4 is 4.90 Å². The van der Waals surface area contributed by atoms with Crippen LogP contribution in [0.25, 0.3) is 44.5 Å². The molecule has 0 saturated heterocycles. The first-order chi connectivity index (χ1) is 26.2. The minimum Gasteiger partial charge on any atom is -0.310 e. The monoisotopic (exact) mass is 681 g/mol. The summed E-state index contributed by atoms with van der Waals surface area (Å²) in [6, 6.07) is 65.6. The maximum atomic E-state index is 2.61. The first kappa shape index (κ1) is 30.9. The van der Waals surface area contributed by atoms with E-state index in [4.69, 9.17) is 0 Å². The quantitative estimate of drug-likeness (QED) is 0.169. The van der Waals surface area contributed by atoms with Crippen LogP contribution in [-0.2, 0) is 5.41 Å². The molecular weight excluding hydrogens is 639 g/mol. The molecule has 1 nitrogen and oxygen atoms in total.